The average molecular weight is 300 g/mol. The van der Waals surface area contributed by atoms with E-state index >= 15 is 0 Å². The van der Waals surface area contributed by atoms with Gasteiger partial charge in [-0.25, -0.2) is 9.78 Å². The summed E-state index contributed by atoms with van der Waals surface area (Å²) in [6.45, 7) is 1.85. The van der Waals surface area contributed by atoms with Crippen LogP contribution in [0.5, 0.6) is 0 Å². The highest BCUT2D eigenvalue weighted by Crippen LogP contribution is 2.14. The van der Waals surface area contributed by atoms with Crippen LogP contribution in [-0.2, 0) is 16.0 Å². The number of nitrogens with zero attached hydrogens (tertiary/aromatic N) is 2. The van der Waals surface area contributed by atoms with Gasteiger partial charge in [-0.05, 0) is 37.0 Å². The van der Waals surface area contributed by atoms with E-state index in [-0.39, 0.29) is 12.1 Å². The minimum Gasteiger partial charge on any atom is -0.459 e. The van der Waals surface area contributed by atoms with E-state index in [0.717, 1.165) is 38.0 Å². The van der Waals surface area contributed by atoms with Crippen LogP contribution in [0, 0.1) is 0 Å². The highest BCUT2D eigenvalue weighted by atomic mass is 16.6. The zero-order chi connectivity index (χ0) is 15.2. The van der Waals surface area contributed by atoms with Gasteiger partial charge < -0.3 is 14.0 Å². The third kappa shape index (κ3) is 3.95. The fraction of sp³-hybridized carbons (Fsp3) is 0.412. The summed E-state index contributed by atoms with van der Waals surface area (Å²) >= 11 is 0. The number of ether oxygens (including phenoxy) is 2. The van der Waals surface area contributed by atoms with Gasteiger partial charge in [-0.15, -0.1) is 0 Å². The fourth-order valence-electron chi connectivity index (χ4n) is 2.53. The Bertz CT molecular complexity index is 587. The molecule has 0 unspecified atom stereocenters. The van der Waals surface area contributed by atoms with E-state index in [4.69, 9.17) is 9.47 Å². The maximum Gasteiger partial charge on any atom is 0.338 e. The lowest BCUT2D eigenvalue weighted by Gasteiger charge is -2.22. The van der Waals surface area contributed by atoms with Crippen molar-refractivity contribution in [2.75, 3.05) is 13.2 Å². The summed E-state index contributed by atoms with van der Waals surface area (Å²) in [6, 6.07) is 7.48. The molecule has 0 amide bonds. The molecule has 5 nitrogen and oxygen atoms in total. The first-order valence-corrected chi connectivity index (χ1v) is 7.65. The Kier molecular flexibility index (Phi) is 4.85. The van der Waals surface area contributed by atoms with E-state index in [1.54, 1.807) is 24.7 Å². The smallest absolute Gasteiger partial charge is 0.338 e. The summed E-state index contributed by atoms with van der Waals surface area (Å²) in [4.78, 5) is 16.0. The Balaban J connectivity index is 1.51. The monoisotopic (exact) mass is 300 g/mol. The topological polar surface area (TPSA) is 53.4 Å². The Morgan fingerprint density at radius 2 is 2.18 bits per heavy atom. The Labute approximate surface area is 129 Å². The molecule has 1 fully saturated rings. The van der Waals surface area contributed by atoms with Gasteiger partial charge in [0.1, 0.15) is 6.61 Å². The van der Waals surface area contributed by atoms with Gasteiger partial charge in [0, 0.05) is 25.5 Å². The van der Waals surface area contributed by atoms with Crippen LogP contribution in [0.2, 0.25) is 0 Å². The molecule has 1 atom stereocenters. The number of esters is 1. The molecule has 5 heteroatoms. The van der Waals surface area contributed by atoms with Crippen molar-refractivity contribution in [1.82, 2.24) is 9.55 Å². The molecular weight excluding hydrogens is 280 g/mol. The first-order chi connectivity index (χ1) is 10.8. The first-order valence-electron chi connectivity index (χ1n) is 7.65. The summed E-state index contributed by atoms with van der Waals surface area (Å²) in [7, 11) is 0. The number of rotatable bonds is 5. The van der Waals surface area contributed by atoms with Crippen LogP contribution in [0.25, 0.3) is 0 Å². The molecule has 116 valence electrons. The molecule has 1 aromatic heterocycles. The lowest BCUT2D eigenvalue weighted by molar-refractivity contribution is -0.0300. The molecule has 0 N–H and O–H groups in total. The molecule has 0 spiro atoms. The predicted molar refractivity (Wildman–Crippen MR) is 81.6 cm³/mol. The number of benzene rings is 1. The van der Waals surface area contributed by atoms with Gasteiger partial charge in [0.15, 0.2) is 0 Å². The van der Waals surface area contributed by atoms with Crippen LogP contribution in [-0.4, -0.2) is 34.8 Å². The fourth-order valence-corrected chi connectivity index (χ4v) is 2.53. The van der Waals surface area contributed by atoms with E-state index in [2.05, 4.69) is 4.98 Å². The quantitative estimate of drug-likeness (QED) is 0.797. The largest absolute Gasteiger partial charge is 0.459 e. The summed E-state index contributed by atoms with van der Waals surface area (Å²) in [6.07, 6.45) is 8.70. The third-order valence-electron chi connectivity index (χ3n) is 3.79. The highest BCUT2D eigenvalue weighted by molar-refractivity contribution is 5.89. The lowest BCUT2D eigenvalue weighted by atomic mass is 10.1. The molecule has 2 heterocycles. The van der Waals surface area contributed by atoms with Gasteiger partial charge in [0.2, 0.25) is 0 Å². The van der Waals surface area contributed by atoms with Crippen LogP contribution >= 0.6 is 0 Å². The average Bonchev–Trinajstić information content (AvgIpc) is 3.07. The second-order valence-corrected chi connectivity index (χ2v) is 5.52. The van der Waals surface area contributed by atoms with Crippen molar-refractivity contribution in [3.8, 4) is 0 Å². The van der Waals surface area contributed by atoms with E-state index < -0.39 is 0 Å². The standard InChI is InChI=1S/C17H20N2O3/c20-17(22-12-16-3-1-2-10-21-16)15-6-4-14(5-7-15)11-19-9-8-18-13-19/h4-9,13,16H,1-3,10-12H2/t16-/m1/s1. The van der Waals surface area contributed by atoms with Crippen LogP contribution < -0.4 is 0 Å². The van der Waals surface area contributed by atoms with Gasteiger partial charge in [-0.2, -0.15) is 0 Å². The van der Waals surface area contributed by atoms with E-state index in [9.17, 15) is 4.79 Å². The zero-order valence-corrected chi connectivity index (χ0v) is 12.5. The molecule has 3 rings (SSSR count). The third-order valence-corrected chi connectivity index (χ3v) is 3.79. The molecule has 1 saturated heterocycles. The summed E-state index contributed by atoms with van der Waals surface area (Å²) in [5.74, 6) is -0.289. The molecule has 1 aliphatic heterocycles. The molecule has 2 aromatic rings. The van der Waals surface area contributed by atoms with Crippen LogP contribution in [0.3, 0.4) is 0 Å². The van der Waals surface area contributed by atoms with Crippen molar-refractivity contribution >= 4 is 5.97 Å². The number of carbonyl (C=O) groups excluding carboxylic acids is 1. The molecule has 0 aliphatic carbocycles. The molecule has 22 heavy (non-hydrogen) atoms. The van der Waals surface area contributed by atoms with E-state index in [1.807, 2.05) is 22.9 Å². The normalized spacial score (nSPS) is 18.1. The number of carbonyl (C=O) groups is 1. The number of aromatic nitrogens is 2. The Morgan fingerprint density at radius 1 is 1.32 bits per heavy atom. The summed E-state index contributed by atoms with van der Waals surface area (Å²) < 4.78 is 12.9. The summed E-state index contributed by atoms with van der Waals surface area (Å²) in [5.41, 5.74) is 1.69. The van der Waals surface area contributed by atoms with Crippen molar-refractivity contribution in [1.29, 1.82) is 0 Å². The molecule has 0 saturated carbocycles. The van der Waals surface area contributed by atoms with Gasteiger partial charge in [0.25, 0.3) is 0 Å². The van der Waals surface area contributed by atoms with Crippen molar-refractivity contribution in [2.45, 2.75) is 31.9 Å². The SMILES string of the molecule is O=C(OC[C@H]1CCCCO1)c1ccc(Cn2ccnc2)cc1. The highest BCUT2D eigenvalue weighted by Gasteiger charge is 2.16. The summed E-state index contributed by atoms with van der Waals surface area (Å²) in [5, 5.41) is 0. The second-order valence-electron chi connectivity index (χ2n) is 5.52. The first kappa shape index (κ1) is 14.8. The maximum atomic E-state index is 12.0. The maximum absolute atomic E-state index is 12.0. The van der Waals surface area contributed by atoms with Crippen LogP contribution in [0.1, 0.15) is 35.2 Å². The van der Waals surface area contributed by atoms with Gasteiger partial charge in [-0.3, -0.25) is 0 Å². The van der Waals surface area contributed by atoms with Crippen molar-refractivity contribution in [3.05, 3.63) is 54.1 Å². The number of hydrogen-bond donors (Lipinski definition) is 0. The molecule has 1 aromatic carbocycles. The molecule has 0 radical (unpaired) electrons. The Morgan fingerprint density at radius 3 is 2.86 bits per heavy atom. The van der Waals surface area contributed by atoms with E-state index in [1.165, 1.54) is 0 Å². The minimum absolute atomic E-state index is 0.0539. The predicted octanol–water partition coefficient (Wildman–Crippen LogP) is 2.66. The van der Waals surface area contributed by atoms with Crippen molar-refractivity contribution < 1.29 is 14.3 Å². The Hall–Kier alpha value is -2.14. The van der Waals surface area contributed by atoms with Gasteiger partial charge in [0.05, 0.1) is 18.0 Å². The number of imidazole rings is 1. The second kappa shape index (κ2) is 7.22. The zero-order valence-electron chi connectivity index (χ0n) is 12.5. The molecule has 1 aliphatic rings. The van der Waals surface area contributed by atoms with Crippen LogP contribution in [0.15, 0.2) is 43.0 Å². The lowest BCUT2D eigenvalue weighted by Crippen LogP contribution is -2.25. The van der Waals surface area contributed by atoms with Gasteiger partial charge >= 0.3 is 5.97 Å². The van der Waals surface area contributed by atoms with E-state index in [0.29, 0.717) is 12.2 Å². The molecule has 0 bridgehead atoms. The van der Waals surface area contributed by atoms with Crippen molar-refractivity contribution in [3.63, 3.8) is 0 Å². The number of hydrogen-bond acceptors (Lipinski definition) is 4. The minimum atomic E-state index is -0.289. The molecular formula is C17H20N2O3. The van der Waals surface area contributed by atoms with Crippen molar-refractivity contribution in [2.24, 2.45) is 0 Å². The van der Waals surface area contributed by atoms with Crippen LogP contribution in [0.4, 0.5) is 0 Å². The van der Waals surface area contributed by atoms with Gasteiger partial charge in [-0.1, -0.05) is 12.1 Å².